The van der Waals surface area contributed by atoms with E-state index in [0.29, 0.717) is 11.4 Å². The number of halogens is 1. The van der Waals surface area contributed by atoms with Crippen molar-refractivity contribution in [3.8, 4) is 11.3 Å². The number of hydrogen-bond acceptors (Lipinski definition) is 5. The van der Waals surface area contributed by atoms with E-state index in [1.54, 1.807) is 12.1 Å². The van der Waals surface area contributed by atoms with Crippen molar-refractivity contribution in [1.82, 2.24) is 15.0 Å². The molecular formula is C18H19FN4O. The van der Waals surface area contributed by atoms with E-state index in [-0.39, 0.29) is 5.82 Å². The Morgan fingerprint density at radius 2 is 1.88 bits per heavy atom. The normalized spacial score (nSPS) is 15.2. The van der Waals surface area contributed by atoms with E-state index in [2.05, 4.69) is 20.4 Å². The van der Waals surface area contributed by atoms with Crippen LogP contribution in [0.4, 0.5) is 10.2 Å². The molecule has 1 saturated heterocycles. The van der Waals surface area contributed by atoms with Crippen molar-refractivity contribution < 1.29 is 8.91 Å². The third kappa shape index (κ3) is 3.10. The first-order valence-electron chi connectivity index (χ1n) is 8.28. The van der Waals surface area contributed by atoms with Gasteiger partial charge in [0.1, 0.15) is 17.3 Å². The summed E-state index contributed by atoms with van der Waals surface area (Å²) in [5.74, 6) is 0.512. The molecule has 0 radical (unpaired) electrons. The lowest BCUT2D eigenvalue weighted by molar-refractivity contribution is 0.352. The number of hydrogen-bond donors (Lipinski definition) is 1. The van der Waals surface area contributed by atoms with Gasteiger partial charge in [-0.15, -0.1) is 0 Å². The highest BCUT2D eigenvalue weighted by Crippen LogP contribution is 2.27. The van der Waals surface area contributed by atoms with E-state index in [9.17, 15) is 4.39 Å². The zero-order valence-electron chi connectivity index (χ0n) is 13.3. The molecule has 3 aromatic rings. The van der Waals surface area contributed by atoms with E-state index in [4.69, 9.17) is 4.52 Å². The molecule has 3 heterocycles. The van der Waals surface area contributed by atoms with Gasteiger partial charge in [-0.2, -0.15) is 4.98 Å². The van der Waals surface area contributed by atoms with Crippen LogP contribution in [0.2, 0.25) is 0 Å². The van der Waals surface area contributed by atoms with Gasteiger partial charge < -0.3 is 14.7 Å². The maximum Gasteiger partial charge on any atom is 0.260 e. The van der Waals surface area contributed by atoms with Crippen LogP contribution in [0.15, 0.2) is 40.9 Å². The van der Waals surface area contributed by atoms with Crippen molar-refractivity contribution in [1.29, 1.82) is 0 Å². The molecule has 124 valence electrons. The summed E-state index contributed by atoms with van der Waals surface area (Å²) in [4.78, 5) is 6.92. The zero-order chi connectivity index (χ0) is 16.4. The number of anilines is 1. The molecule has 0 spiro atoms. The molecule has 24 heavy (non-hydrogen) atoms. The van der Waals surface area contributed by atoms with Crippen molar-refractivity contribution >= 4 is 16.9 Å². The Morgan fingerprint density at radius 1 is 1.08 bits per heavy atom. The molecule has 1 fully saturated rings. The van der Waals surface area contributed by atoms with Gasteiger partial charge in [0.25, 0.3) is 5.71 Å². The molecule has 0 atom stereocenters. The smallest absolute Gasteiger partial charge is 0.260 e. The van der Waals surface area contributed by atoms with Gasteiger partial charge in [0.2, 0.25) is 0 Å². The maximum absolute atomic E-state index is 13.1. The van der Waals surface area contributed by atoms with Gasteiger partial charge in [0.05, 0.1) is 5.39 Å². The molecule has 1 aromatic carbocycles. The van der Waals surface area contributed by atoms with Gasteiger partial charge in [0, 0.05) is 18.7 Å². The summed E-state index contributed by atoms with van der Waals surface area (Å²) in [7, 11) is 0. The van der Waals surface area contributed by atoms with Crippen LogP contribution in [0.25, 0.3) is 22.4 Å². The fourth-order valence-corrected chi connectivity index (χ4v) is 3.09. The van der Waals surface area contributed by atoms with Crippen molar-refractivity contribution in [3.63, 3.8) is 0 Å². The van der Waals surface area contributed by atoms with E-state index < -0.39 is 0 Å². The Kier molecular flexibility index (Phi) is 4.13. The van der Waals surface area contributed by atoms with Crippen LogP contribution < -0.4 is 5.32 Å². The lowest BCUT2D eigenvalue weighted by Crippen LogP contribution is -2.26. The number of fused-ring (bicyclic) bond motifs is 1. The van der Waals surface area contributed by atoms with E-state index in [1.807, 2.05) is 12.1 Å². The minimum Gasteiger partial charge on any atom is -0.369 e. The van der Waals surface area contributed by atoms with Gasteiger partial charge >= 0.3 is 0 Å². The highest BCUT2D eigenvalue weighted by atomic mass is 19.1. The fourth-order valence-electron chi connectivity index (χ4n) is 3.09. The van der Waals surface area contributed by atoms with Gasteiger partial charge in [-0.25, -0.2) is 4.39 Å². The molecule has 1 aliphatic heterocycles. The van der Waals surface area contributed by atoms with Gasteiger partial charge in [-0.1, -0.05) is 5.16 Å². The van der Waals surface area contributed by atoms with Crippen LogP contribution in [0, 0.1) is 5.82 Å². The first kappa shape index (κ1) is 15.1. The predicted molar refractivity (Wildman–Crippen MR) is 91.4 cm³/mol. The van der Waals surface area contributed by atoms with Crippen LogP contribution in [0.3, 0.4) is 0 Å². The summed E-state index contributed by atoms with van der Waals surface area (Å²) in [5, 5.41) is 8.24. The predicted octanol–water partition coefficient (Wildman–Crippen LogP) is 3.54. The Balaban J connectivity index is 1.48. The first-order valence-corrected chi connectivity index (χ1v) is 8.28. The molecule has 2 aromatic heterocycles. The largest absolute Gasteiger partial charge is 0.369 e. The Morgan fingerprint density at radius 3 is 2.67 bits per heavy atom. The molecule has 1 N–H and O–H groups in total. The van der Waals surface area contributed by atoms with E-state index in [0.717, 1.165) is 29.9 Å². The van der Waals surface area contributed by atoms with Crippen LogP contribution in [-0.2, 0) is 0 Å². The number of nitrogens with zero attached hydrogens (tertiary/aromatic N) is 3. The minimum atomic E-state index is -0.269. The standard InChI is InChI=1S/C18H19FN4O/c19-14-5-3-13(4-6-14)17-15-7-8-16(21-18(15)24-22-17)20-9-12-23-10-1-2-11-23/h3-8H,1-2,9-12H2,(H,20,21). The molecule has 0 unspecified atom stereocenters. The third-order valence-corrected chi connectivity index (χ3v) is 4.39. The van der Waals surface area contributed by atoms with Crippen molar-refractivity contribution in [2.45, 2.75) is 12.8 Å². The number of benzene rings is 1. The Labute approximate surface area is 139 Å². The van der Waals surface area contributed by atoms with Gasteiger partial charge in [0.15, 0.2) is 0 Å². The number of nitrogens with one attached hydrogen (secondary N) is 1. The number of pyridine rings is 1. The van der Waals surface area contributed by atoms with Crippen molar-refractivity contribution in [3.05, 3.63) is 42.2 Å². The molecule has 0 aliphatic carbocycles. The van der Waals surface area contributed by atoms with E-state index >= 15 is 0 Å². The molecule has 0 amide bonds. The Bertz CT molecular complexity index is 825. The summed E-state index contributed by atoms with van der Waals surface area (Å²) >= 11 is 0. The minimum absolute atomic E-state index is 0.269. The van der Waals surface area contributed by atoms with Crippen LogP contribution in [0.5, 0.6) is 0 Å². The fraction of sp³-hybridized carbons (Fsp3) is 0.333. The topological polar surface area (TPSA) is 54.2 Å². The first-order chi connectivity index (χ1) is 11.8. The number of likely N-dealkylation sites (tertiary alicyclic amines) is 1. The van der Waals surface area contributed by atoms with Crippen LogP contribution in [-0.4, -0.2) is 41.2 Å². The SMILES string of the molecule is Fc1ccc(-c2noc3nc(NCCN4CCCC4)ccc23)cc1. The van der Waals surface area contributed by atoms with Crippen molar-refractivity contribution in [2.24, 2.45) is 0 Å². The second kappa shape index (κ2) is 6.57. The van der Waals surface area contributed by atoms with Crippen LogP contribution >= 0.6 is 0 Å². The molecule has 5 nitrogen and oxygen atoms in total. The molecule has 0 saturated carbocycles. The molecule has 4 rings (SSSR count). The lowest BCUT2D eigenvalue weighted by atomic mass is 10.1. The zero-order valence-corrected chi connectivity index (χ0v) is 13.3. The molecule has 1 aliphatic rings. The second-order valence-corrected chi connectivity index (χ2v) is 6.06. The van der Waals surface area contributed by atoms with E-state index in [1.165, 1.54) is 38.1 Å². The summed E-state index contributed by atoms with van der Waals surface area (Å²) in [6, 6.07) is 10.1. The number of rotatable bonds is 5. The number of aromatic nitrogens is 2. The quantitative estimate of drug-likeness (QED) is 0.777. The third-order valence-electron chi connectivity index (χ3n) is 4.39. The highest BCUT2D eigenvalue weighted by molar-refractivity contribution is 5.90. The summed E-state index contributed by atoms with van der Waals surface area (Å²) in [5.41, 5.74) is 1.98. The monoisotopic (exact) mass is 326 g/mol. The summed E-state index contributed by atoms with van der Waals surface area (Å²) < 4.78 is 18.4. The van der Waals surface area contributed by atoms with Crippen molar-refractivity contribution in [2.75, 3.05) is 31.5 Å². The molecule has 6 heteroatoms. The highest BCUT2D eigenvalue weighted by Gasteiger charge is 2.13. The second-order valence-electron chi connectivity index (χ2n) is 6.06. The maximum atomic E-state index is 13.1. The average molecular weight is 326 g/mol. The molecular weight excluding hydrogens is 307 g/mol. The van der Waals surface area contributed by atoms with Gasteiger partial charge in [-0.3, -0.25) is 0 Å². The summed E-state index contributed by atoms with van der Waals surface area (Å²) in [6.45, 7) is 4.27. The lowest BCUT2D eigenvalue weighted by Gasteiger charge is -2.14. The average Bonchev–Trinajstić information content (AvgIpc) is 3.25. The van der Waals surface area contributed by atoms with Crippen LogP contribution in [0.1, 0.15) is 12.8 Å². The Hall–Kier alpha value is -2.47. The molecule has 0 bridgehead atoms. The summed E-state index contributed by atoms with van der Waals surface area (Å²) in [6.07, 6.45) is 2.60. The van der Waals surface area contributed by atoms with Gasteiger partial charge in [-0.05, 0) is 62.3 Å².